The van der Waals surface area contributed by atoms with E-state index in [-0.39, 0.29) is 5.57 Å². The van der Waals surface area contributed by atoms with Crippen LogP contribution in [0.25, 0.3) is 0 Å². The molecule has 25 heavy (non-hydrogen) atoms. The minimum atomic E-state index is -0.439. The summed E-state index contributed by atoms with van der Waals surface area (Å²) in [5.74, 6) is 0.298. The van der Waals surface area contributed by atoms with Gasteiger partial charge >= 0.3 is 0 Å². The number of nitrogens with one attached hydrogen (secondary N) is 2. The predicted octanol–water partition coefficient (Wildman–Crippen LogP) is 1.35. The third-order valence-corrected chi connectivity index (χ3v) is 3.71. The molecule has 1 aromatic carbocycles. The van der Waals surface area contributed by atoms with Crippen LogP contribution in [0, 0.1) is 11.3 Å². The van der Waals surface area contributed by atoms with Crippen LogP contribution in [-0.2, 0) is 9.53 Å². The molecule has 1 saturated heterocycles. The summed E-state index contributed by atoms with van der Waals surface area (Å²) in [5.41, 5.74) is 0.652. The molecule has 1 amide bonds. The van der Waals surface area contributed by atoms with Crippen molar-refractivity contribution < 1.29 is 14.3 Å². The van der Waals surface area contributed by atoms with Crippen molar-refractivity contribution in [2.45, 2.75) is 6.92 Å². The van der Waals surface area contributed by atoms with Gasteiger partial charge in [-0.05, 0) is 31.2 Å². The molecule has 0 saturated carbocycles. The van der Waals surface area contributed by atoms with Gasteiger partial charge in [0.15, 0.2) is 0 Å². The molecule has 0 aliphatic carbocycles. The molecule has 7 nitrogen and oxygen atoms in total. The van der Waals surface area contributed by atoms with Gasteiger partial charge in [-0.1, -0.05) is 0 Å². The monoisotopic (exact) mass is 344 g/mol. The lowest BCUT2D eigenvalue weighted by atomic mass is 10.2. The number of amides is 1. The van der Waals surface area contributed by atoms with Crippen LogP contribution in [0.15, 0.2) is 36.0 Å². The number of rotatable bonds is 8. The fourth-order valence-corrected chi connectivity index (χ4v) is 2.37. The second kappa shape index (κ2) is 10.3. The summed E-state index contributed by atoms with van der Waals surface area (Å²) < 4.78 is 10.6. The fraction of sp³-hybridized carbons (Fsp3) is 0.444. The van der Waals surface area contributed by atoms with Crippen LogP contribution in [0.4, 0.5) is 5.69 Å². The van der Waals surface area contributed by atoms with Gasteiger partial charge in [-0.15, -0.1) is 0 Å². The molecule has 1 aliphatic rings. The number of carbonyl (C=O) groups excluding carboxylic acids is 1. The molecule has 134 valence electrons. The van der Waals surface area contributed by atoms with Gasteiger partial charge in [0.1, 0.15) is 17.4 Å². The van der Waals surface area contributed by atoms with Crippen LogP contribution in [0.2, 0.25) is 0 Å². The van der Waals surface area contributed by atoms with Crippen LogP contribution < -0.4 is 15.4 Å². The van der Waals surface area contributed by atoms with E-state index in [1.165, 1.54) is 6.20 Å². The van der Waals surface area contributed by atoms with E-state index >= 15 is 0 Å². The Balaban J connectivity index is 1.79. The second-order valence-corrected chi connectivity index (χ2v) is 5.49. The maximum Gasteiger partial charge on any atom is 0.267 e. The average Bonchev–Trinajstić information content (AvgIpc) is 2.64. The Morgan fingerprint density at radius 3 is 2.72 bits per heavy atom. The molecule has 2 rings (SSSR count). The highest BCUT2D eigenvalue weighted by Crippen LogP contribution is 2.16. The molecule has 1 fully saturated rings. The lowest BCUT2D eigenvalue weighted by molar-refractivity contribution is -0.112. The molecule has 1 aromatic rings. The van der Waals surface area contributed by atoms with Crippen molar-refractivity contribution >= 4 is 11.6 Å². The van der Waals surface area contributed by atoms with Crippen molar-refractivity contribution in [1.29, 1.82) is 5.26 Å². The predicted molar refractivity (Wildman–Crippen MR) is 95.2 cm³/mol. The van der Waals surface area contributed by atoms with Crippen LogP contribution in [0.1, 0.15) is 6.92 Å². The average molecular weight is 344 g/mol. The van der Waals surface area contributed by atoms with Crippen LogP contribution >= 0.6 is 0 Å². The van der Waals surface area contributed by atoms with Crippen molar-refractivity contribution in [1.82, 2.24) is 10.2 Å². The zero-order valence-corrected chi connectivity index (χ0v) is 14.5. The van der Waals surface area contributed by atoms with E-state index in [0.717, 1.165) is 38.6 Å². The number of nitrogens with zero attached hydrogens (tertiary/aromatic N) is 2. The number of morpholine rings is 1. The van der Waals surface area contributed by atoms with Gasteiger partial charge in [0.05, 0.1) is 19.8 Å². The molecule has 1 heterocycles. The highest BCUT2D eigenvalue weighted by atomic mass is 16.5. The number of carbonyl (C=O) groups is 1. The van der Waals surface area contributed by atoms with Crippen molar-refractivity contribution in [3.63, 3.8) is 0 Å². The molecule has 2 N–H and O–H groups in total. The first kappa shape index (κ1) is 18.8. The Hall–Kier alpha value is -2.56. The van der Waals surface area contributed by atoms with Gasteiger partial charge in [-0.3, -0.25) is 9.69 Å². The van der Waals surface area contributed by atoms with Crippen LogP contribution in [0.5, 0.6) is 5.75 Å². The van der Waals surface area contributed by atoms with Gasteiger partial charge in [-0.25, -0.2) is 0 Å². The zero-order valence-electron chi connectivity index (χ0n) is 14.5. The summed E-state index contributed by atoms with van der Waals surface area (Å²) in [6.07, 6.45) is 1.46. The fourth-order valence-electron chi connectivity index (χ4n) is 2.37. The first-order valence-corrected chi connectivity index (χ1v) is 8.41. The summed E-state index contributed by atoms with van der Waals surface area (Å²) in [6.45, 7) is 7.34. The second-order valence-electron chi connectivity index (χ2n) is 5.49. The van der Waals surface area contributed by atoms with Crippen molar-refractivity contribution in [2.24, 2.45) is 0 Å². The lowest BCUT2D eigenvalue weighted by Crippen LogP contribution is -2.39. The molecule has 1 aliphatic heterocycles. The van der Waals surface area contributed by atoms with Crippen LogP contribution in [0.3, 0.4) is 0 Å². The van der Waals surface area contributed by atoms with E-state index in [1.807, 2.05) is 13.0 Å². The summed E-state index contributed by atoms with van der Waals surface area (Å²) >= 11 is 0. The Morgan fingerprint density at radius 2 is 2.08 bits per heavy atom. The summed E-state index contributed by atoms with van der Waals surface area (Å²) in [6, 6.07) is 8.95. The highest BCUT2D eigenvalue weighted by Gasteiger charge is 2.11. The minimum absolute atomic E-state index is 0.0378. The number of hydrogen-bond acceptors (Lipinski definition) is 6. The van der Waals surface area contributed by atoms with Gasteiger partial charge in [0.25, 0.3) is 5.91 Å². The molecular formula is C18H24N4O3. The third-order valence-electron chi connectivity index (χ3n) is 3.71. The molecule has 0 unspecified atom stereocenters. The molecule has 7 heteroatoms. The zero-order chi connectivity index (χ0) is 17.9. The Morgan fingerprint density at radius 1 is 1.36 bits per heavy atom. The highest BCUT2D eigenvalue weighted by molar-refractivity contribution is 6.06. The van der Waals surface area contributed by atoms with Crippen molar-refractivity contribution in [3.05, 3.63) is 36.0 Å². The normalized spacial score (nSPS) is 15.3. The minimum Gasteiger partial charge on any atom is -0.494 e. The molecular weight excluding hydrogens is 320 g/mol. The molecule has 0 bridgehead atoms. The summed E-state index contributed by atoms with van der Waals surface area (Å²) in [4.78, 5) is 14.4. The Labute approximate surface area is 148 Å². The smallest absolute Gasteiger partial charge is 0.267 e. The Kier molecular flexibility index (Phi) is 7.76. The summed E-state index contributed by atoms with van der Waals surface area (Å²) in [7, 11) is 0. The maximum atomic E-state index is 12.2. The quantitative estimate of drug-likeness (QED) is 0.421. The van der Waals surface area contributed by atoms with Crippen molar-refractivity contribution in [3.8, 4) is 11.8 Å². The van der Waals surface area contributed by atoms with E-state index < -0.39 is 5.91 Å². The van der Waals surface area contributed by atoms with Gasteiger partial charge in [0.2, 0.25) is 0 Å². The number of nitriles is 1. The molecule has 0 aromatic heterocycles. The molecule has 0 atom stereocenters. The van der Waals surface area contributed by atoms with Crippen molar-refractivity contribution in [2.75, 3.05) is 51.3 Å². The number of ether oxygens (including phenoxy) is 2. The van der Waals surface area contributed by atoms with E-state index in [9.17, 15) is 10.1 Å². The number of hydrogen-bond donors (Lipinski definition) is 2. The largest absolute Gasteiger partial charge is 0.494 e. The van der Waals surface area contributed by atoms with E-state index in [4.69, 9.17) is 9.47 Å². The standard InChI is InChI=1S/C18H24N4O3/c1-2-25-17-5-3-16(4-6-17)21-18(23)15(13-19)14-20-7-8-22-9-11-24-12-10-22/h3-6,14,20H,2,7-12H2,1H3,(H,21,23)/b15-14-. The molecule has 0 spiro atoms. The van der Waals surface area contributed by atoms with Gasteiger partial charge in [-0.2, -0.15) is 5.26 Å². The van der Waals surface area contributed by atoms with E-state index in [0.29, 0.717) is 18.8 Å². The van der Waals surface area contributed by atoms with Gasteiger partial charge in [0, 0.05) is 38.1 Å². The third kappa shape index (κ3) is 6.45. The Bertz CT molecular complexity index is 616. The lowest BCUT2D eigenvalue weighted by Gasteiger charge is -2.26. The first-order chi connectivity index (χ1) is 12.2. The topological polar surface area (TPSA) is 86.6 Å². The van der Waals surface area contributed by atoms with E-state index in [2.05, 4.69) is 15.5 Å². The van der Waals surface area contributed by atoms with Crippen LogP contribution in [-0.4, -0.2) is 56.8 Å². The number of anilines is 1. The van der Waals surface area contributed by atoms with Gasteiger partial charge < -0.3 is 20.1 Å². The first-order valence-electron chi connectivity index (χ1n) is 8.41. The van der Waals surface area contributed by atoms with E-state index in [1.54, 1.807) is 24.3 Å². The molecule has 0 radical (unpaired) electrons. The maximum absolute atomic E-state index is 12.2. The SMILES string of the molecule is CCOc1ccc(NC(=O)/C(C#N)=C\NCCN2CCOCC2)cc1. The summed E-state index contributed by atoms with van der Waals surface area (Å²) in [5, 5.41) is 14.9. The number of benzene rings is 1.